The third-order valence-electron chi connectivity index (χ3n) is 5.34. The number of aromatic nitrogens is 3. The summed E-state index contributed by atoms with van der Waals surface area (Å²) in [6.45, 7) is 2.62. The molecule has 1 aliphatic carbocycles. The van der Waals surface area contributed by atoms with Crippen LogP contribution in [0.1, 0.15) is 36.1 Å². The summed E-state index contributed by atoms with van der Waals surface area (Å²) in [6, 6.07) is 4.33. The zero-order chi connectivity index (χ0) is 19.2. The van der Waals surface area contributed by atoms with Crippen molar-refractivity contribution < 1.29 is 8.42 Å². The van der Waals surface area contributed by atoms with Gasteiger partial charge in [0.25, 0.3) is 5.56 Å². The summed E-state index contributed by atoms with van der Waals surface area (Å²) >= 11 is 0. The number of H-pyrrole nitrogens is 1. The van der Waals surface area contributed by atoms with Crippen LogP contribution in [0.4, 0.5) is 0 Å². The lowest BCUT2D eigenvalue weighted by Crippen LogP contribution is -2.27. The summed E-state index contributed by atoms with van der Waals surface area (Å²) in [5.74, 6) is 0. The SMILES string of the molecule is Cc1[nH]nc2c1c(=O)n(CCCNS(C)(=O)=O)c1cc3c(cc21)CCCC3. The van der Waals surface area contributed by atoms with Crippen LogP contribution in [0.2, 0.25) is 0 Å². The van der Waals surface area contributed by atoms with E-state index in [0.717, 1.165) is 41.2 Å². The Morgan fingerprint density at radius 1 is 1.22 bits per heavy atom. The summed E-state index contributed by atoms with van der Waals surface area (Å²) in [4.78, 5) is 13.1. The lowest BCUT2D eigenvalue weighted by Gasteiger charge is -2.19. The molecule has 2 heterocycles. The van der Waals surface area contributed by atoms with E-state index in [9.17, 15) is 13.2 Å². The van der Waals surface area contributed by atoms with Crippen molar-refractivity contribution in [2.24, 2.45) is 0 Å². The average molecular weight is 388 g/mol. The highest BCUT2D eigenvalue weighted by Crippen LogP contribution is 2.30. The lowest BCUT2D eigenvalue weighted by atomic mass is 9.90. The molecule has 0 bridgehead atoms. The van der Waals surface area contributed by atoms with Gasteiger partial charge in [0.1, 0.15) is 5.52 Å². The van der Waals surface area contributed by atoms with Crippen molar-refractivity contribution in [1.29, 1.82) is 0 Å². The minimum atomic E-state index is -3.23. The maximum atomic E-state index is 13.1. The number of fused-ring (bicyclic) bond motifs is 4. The molecule has 1 aromatic carbocycles. The predicted molar refractivity (Wildman–Crippen MR) is 107 cm³/mol. The van der Waals surface area contributed by atoms with E-state index in [4.69, 9.17) is 0 Å². The number of hydrogen-bond acceptors (Lipinski definition) is 4. The molecule has 0 amide bonds. The number of benzene rings is 1. The van der Waals surface area contributed by atoms with Gasteiger partial charge in [-0.15, -0.1) is 0 Å². The zero-order valence-electron chi connectivity index (χ0n) is 15.6. The van der Waals surface area contributed by atoms with Gasteiger partial charge in [-0.3, -0.25) is 9.89 Å². The molecule has 2 aromatic heterocycles. The van der Waals surface area contributed by atoms with Crippen LogP contribution >= 0.6 is 0 Å². The summed E-state index contributed by atoms with van der Waals surface area (Å²) in [5.41, 5.74) is 4.96. The van der Waals surface area contributed by atoms with Crippen LogP contribution in [0.5, 0.6) is 0 Å². The number of hydrogen-bond donors (Lipinski definition) is 2. The fraction of sp³-hybridized carbons (Fsp3) is 0.474. The molecule has 0 fully saturated rings. The molecule has 0 spiro atoms. The predicted octanol–water partition coefficient (Wildman–Crippen LogP) is 2.00. The third kappa shape index (κ3) is 3.39. The molecule has 0 atom stereocenters. The van der Waals surface area contributed by atoms with Gasteiger partial charge >= 0.3 is 0 Å². The Balaban J connectivity index is 1.85. The summed E-state index contributed by atoms with van der Waals surface area (Å²) in [6.07, 6.45) is 6.15. The van der Waals surface area contributed by atoms with E-state index >= 15 is 0 Å². The minimum absolute atomic E-state index is 0.0705. The first-order valence-electron chi connectivity index (χ1n) is 9.33. The molecule has 7 nitrogen and oxygen atoms in total. The Kier molecular flexibility index (Phi) is 4.55. The number of pyridine rings is 1. The quantitative estimate of drug-likeness (QED) is 0.654. The molecule has 0 saturated carbocycles. The van der Waals surface area contributed by atoms with E-state index in [2.05, 4.69) is 27.1 Å². The Labute approximate surface area is 157 Å². The van der Waals surface area contributed by atoms with Gasteiger partial charge < -0.3 is 4.57 Å². The van der Waals surface area contributed by atoms with E-state index in [-0.39, 0.29) is 5.56 Å². The topological polar surface area (TPSA) is 96.8 Å². The number of nitrogens with one attached hydrogen (secondary N) is 2. The maximum absolute atomic E-state index is 13.1. The van der Waals surface area contributed by atoms with Gasteiger partial charge in [0.05, 0.1) is 17.2 Å². The van der Waals surface area contributed by atoms with Gasteiger partial charge in [-0.1, -0.05) is 0 Å². The fourth-order valence-corrected chi connectivity index (χ4v) is 4.55. The van der Waals surface area contributed by atoms with Gasteiger partial charge in [0.15, 0.2) is 0 Å². The van der Waals surface area contributed by atoms with Crippen LogP contribution in [0.15, 0.2) is 16.9 Å². The van der Waals surface area contributed by atoms with Crippen LogP contribution < -0.4 is 10.3 Å². The van der Waals surface area contributed by atoms with Crippen LogP contribution in [0.25, 0.3) is 21.8 Å². The highest BCUT2D eigenvalue weighted by molar-refractivity contribution is 7.88. The van der Waals surface area contributed by atoms with Gasteiger partial charge in [0, 0.05) is 24.2 Å². The molecular formula is C19H24N4O3S. The van der Waals surface area contributed by atoms with Crippen molar-refractivity contribution in [2.45, 2.75) is 45.6 Å². The average Bonchev–Trinajstić information content (AvgIpc) is 3.01. The lowest BCUT2D eigenvalue weighted by molar-refractivity contribution is 0.576. The number of sulfonamides is 1. The van der Waals surface area contributed by atoms with Crippen LogP contribution in [0.3, 0.4) is 0 Å². The summed E-state index contributed by atoms with van der Waals surface area (Å²) in [5, 5.41) is 8.96. The van der Waals surface area contributed by atoms with Gasteiger partial charge in [-0.25, -0.2) is 13.1 Å². The molecule has 0 saturated heterocycles. The first kappa shape index (κ1) is 18.2. The van der Waals surface area contributed by atoms with Gasteiger partial charge in [-0.05, 0) is 62.3 Å². The highest BCUT2D eigenvalue weighted by atomic mass is 32.2. The molecule has 27 heavy (non-hydrogen) atoms. The zero-order valence-corrected chi connectivity index (χ0v) is 16.4. The van der Waals surface area contributed by atoms with Gasteiger partial charge in [0.2, 0.25) is 10.0 Å². The Hall–Kier alpha value is -2.19. The Morgan fingerprint density at radius 2 is 1.93 bits per heavy atom. The van der Waals surface area contributed by atoms with Crippen molar-refractivity contribution in [3.8, 4) is 0 Å². The largest absolute Gasteiger partial charge is 0.307 e. The first-order chi connectivity index (χ1) is 12.8. The molecule has 8 heteroatoms. The first-order valence-corrected chi connectivity index (χ1v) is 11.2. The number of nitrogens with zero attached hydrogens (tertiary/aromatic N) is 2. The van der Waals surface area contributed by atoms with Crippen molar-refractivity contribution in [1.82, 2.24) is 19.5 Å². The second-order valence-electron chi connectivity index (χ2n) is 7.39. The van der Waals surface area contributed by atoms with E-state index in [1.165, 1.54) is 24.0 Å². The van der Waals surface area contributed by atoms with Gasteiger partial charge in [-0.2, -0.15) is 5.10 Å². The smallest absolute Gasteiger partial charge is 0.262 e. The normalized spacial score (nSPS) is 14.7. The number of rotatable bonds is 5. The highest BCUT2D eigenvalue weighted by Gasteiger charge is 2.18. The van der Waals surface area contributed by atoms with Crippen LogP contribution in [-0.4, -0.2) is 36.0 Å². The molecule has 4 rings (SSSR count). The van der Waals surface area contributed by atoms with E-state index in [1.807, 2.05) is 6.92 Å². The van der Waals surface area contributed by atoms with E-state index < -0.39 is 10.0 Å². The molecule has 0 unspecified atom stereocenters. The standard InChI is InChI=1S/C19H24N4O3S/c1-12-17-18(22-21-12)15-10-13-6-3-4-7-14(13)11-16(15)23(19(17)24)9-5-8-20-27(2,25)26/h10-11,20H,3-9H2,1-2H3,(H,21,22). The third-order valence-corrected chi connectivity index (χ3v) is 6.06. The summed E-state index contributed by atoms with van der Waals surface area (Å²) in [7, 11) is -3.23. The molecular weight excluding hydrogens is 364 g/mol. The molecule has 0 radical (unpaired) electrons. The number of aryl methyl sites for hydroxylation is 4. The fourth-order valence-electron chi connectivity index (χ4n) is 4.03. The second-order valence-corrected chi connectivity index (χ2v) is 9.23. The van der Waals surface area contributed by atoms with Crippen LogP contribution in [-0.2, 0) is 29.4 Å². The van der Waals surface area contributed by atoms with Crippen LogP contribution in [0, 0.1) is 6.92 Å². The maximum Gasteiger partial charge on any atom is 0.262 e. The molecule has 2 N–H and O–H groups in total. The van der Waals surface area contributed by atoms with Crippen molar-refractivity contribution in [2.75, 3.05) is 12.8 Å². The Bertz CT molecular complexity index is 1190. The second kappa shape index (κ2) is 6.76. The van der Waals surface area contributed by atoms with Crippen molar-refractivity contribution in [3.63, 3.8) is 0 Å². The Morgan fingerprint density at radius 3 is 2.63 bits per heavy atom. The summed E-state index contributed by atoms with van der Waals surface area (Å²) < 4.78 is 26.8. The number of aromatic amines is 1. The molecule has 0 aliphatic heterocycles. The van der Waals surface area contributed by atoms with E-state index in [0.29, 0.717) is 24.9 Å². The van der Waals surface area contributed by atoms with Crippen molar-refractivity contribution in [3.05, 3.63) is 39.3 Å². The monoisotopic (exact) mass is 388 g/mol. The molecule has 1 aliphatic rings. The molecule has 3 aromatic rings. The minimum Gasteiger partial charge on any atom is -0.307 e. The van der Waals surface area contributed by atoms with E-state index in [1.54, 1.807) is 4.57 Å². The molecule has 144 valence electrons. The van der Waals surface area contributed by atoms with Crippen molar-refractivity contribution >= 4 is 31.8 Å².